The summed E-state index contributed by atoms with van der Waals surface area (Å²) >= 11 is 0. The molecule has 4 heteroatoms. The summed E-state index contributed by atoms with van der Waals surface area (Å²) in [6.07, 6.45) is 0.912. The molecule has 1 aliphatic rings. The van der Waals surface area contributed by atoms with E-state index in [0.717, 1.165) is 0 Å². The lowest BCUT2D eigenvalue weighted by atomic mass is 11.1. The lowest BCUT2D eigenvalue weighted by molar-refractivity contribution is 0.0439. The Kier molecular flexibility index (Phi) is 0.736. The van der Waals surface area contributed by atoms with Crippen LogP contribution in [0.5, 0.6) is 0 Å². The smallest absolute Gasteiger partial charge is 0.227 e. The second kappa shape index (κ2) is 1.24. The predicted molar refractivity (Wildman–Crippen MR) is 20.7 cm³/mol. The highest BCUT2D eigenvalue weighted by Gasteiger charge is 1.99. The number of nitrogens with two attached hydrogens (primary N) is 1. The van der Waals surface area contributed by atoms with Crippen molar-refractivity contribution in [1.29, 1.82) is 0 Å². The van der Waals surface area contributed by atoms with Crippen LogP contribution in [0, 0.1) is 0 Å². The van der Waals surface area contributed by atoms with Crippen molar-refractivity contribution in [2.24, 2.45) is 10.7 Å². The normalized spacial score (nSPS) is 30.5. The summed E-state index contributed by atoms with van der Waals surface area (Å²) in [5.41, 5.74) is 7.41. The van der Waals surface area contributed by atoms with E-state index >= 15 is 0 Å². The maximum Gasteiger partial charge on any atom is 0.227 e. The summed E-state index contributed by atoms with van der Waals surface area (Å²) in [5, 5.41) is 0. The van der Waals surface area contributed by atoms with Crippen LogP contribution in [0.3, 0.4) is 0 Å². The topological polar surface area (TPSA) is 59.6 Å². The molecular weight excluding hydrogens is 82.0 g/mol. The molecule has 0 aliphatic carbocycles. The number of aliphatic imine (C=N–C) groups is 1. The largest absolute Gasteiger partial charge is 0.285 e. The van der Waals surface area contributed by atoms with Gasteiger partial charge in [0.25, 0.3) is 0 Å². The number of nitrogens with one attached hydrogen (secondary N) is 1. The molecule has 4 nitrogen and oxygen atoms in total. The average Bonchev–Trinajstić information content (AvgIpc) is 1.86. The summed E-state index contributed by atoms with van der Waals surface area (Å²) in [5.74, 6) is 0. The summed E-state index contributed by atoms with van der Waals surface area (Å²) in [6.45, 7) is 0. The molecule has 0 aromatic carbocycles. The van der Waals surface area contributed by atoms with Gasteiger partial charge in [-0.15, -0.1) is 0 Å². The number of nitrogens with zero attached hydrogens (tertiary/aromatic N) is 1. The Morgan fingerprint density at radius 3 is 3.00 bits per heavy atom. The molecule has 0 fully saturated rings. The fourth-order valence-electron chi connectivity index (χ4n) is 0.234. The average molecular weight is 87.1 g/mol. The van der Waals surface area contributed by atoms with Crippen LogP contribution in [-0.2, 0) is 4.84 Å². The monoisotopic (exact) mass is 87.0 g/mol. The third-order valence-corrected chi connectivity index (χ3v) is 0.463. The molecule has 34 valence electrons. The molecule has 0 aromatic heterocycles. The van der Waals surface area contributed by atoms with Crippen LogP contribution in [-0.4, -0.2) is 12.7 Å². The Bertz CT molecular complexity index is 71.2. The molecule has 0 saturated carbocycles. The first-order chi connectivity index (χ1) is 2.89. The molecule has 1 atom stereocenters. The lowest BCUT2D eigenvalue weighted by Gasteiger charge is -1.92. The standard InChI is InChI=1S/C2H5N3O/c3-2-4-1-5-6-2/h1-2H,3H2,(H,4,5). The first-order valence-electron chi connectivity index (χ1n) is 1.58. The molecule has 0 saturated heterocycles. The molecule has 0 spiro atoms. The van der Waals surface area contributed by atoms with Crippen molar-refractivity contribution >= 4 is 6.34 Å². The Labute approximate surface area is 35.0 Å². The Morgan fingerprint density at radius 2 is 2.83 bits per heavy atom. The zero-order chi connectivity index (χ0) is 4.41. The van der Waals surface area contributed by atoms with E-state index in [1.165, 1.54) is 6.34 Å². The van der Waals surface area contributed by atoms with Crippen molar-refractivity contribution in [3.05, 3.63) is 0 Å². The van der Waals surface area contributed by atoms with Crippen molar-refractivity contribution in [2.75, 3.05) is 0 Å². The van der Waals surface area contributed by atoms with Crippen molar-refractivity contribution in [3.8, 4) is 0 Å². The summed E-state index contributed by atoms with van der Waals surface area (Å²) in [6, 6.07) is 0. The number of hydroxylamine groups is 1. The number of hydrogen-bond acceptors (Lipinski definition) is 4. The SMILES string of the molecule is NC1N=CNO1. The van der Waals surface area contributed by atoms with Gasteiger partial charge in [-0.3, -0.25) is 11.2 Å². The first kappa shape index (κ1) is 3.58. The van der Waals surface area contributed by atoms with Gasteiger partial charge in [-0.25, -0.2) is 9.83 Å². The fraction of sp³-hybridized carbons (Fsp3) is 0.500. The van der Waals surface area contributed by atoms with E-state index in [2.05, 4.69) is 15.3 Å². The van der Waals surface area contributed by atoms with E-state index in [1.807, 2.05) is 0 Å². The Morgan fingerprint density at radius 1 is 2.00 bits per heavy atom. The highest BCUT2D eigenvalue weighted by molar-refractivity contribution is 5.53. The van der Waals surface area contributed by atoms with E-state index in [0.29, 0.717) is 0 Å². The zero-order valence-corrected chi connectivity index (χ0v) is 3.09. The van der Waals surface area contributed by atoms with Gasteiger partial charge in [-0.05, 0) is 0 Å². The molecular formula is C2H5N3O. The van der Waals surface area contributed by atoms with E-state index in [9.17, 15) is 0 Å². The Hall–Kier alpha value is -0.610. The van der Waals surface area contributed by atoms with Crippen LogP contribution in [0.1, 0.15) is 0 Å². The molecule has 0 aromatic rings. The zero-order valence-electron chi connectivity index (χ0n) is 3.09. The minimum absolute atomic E-state index is 0.495. The van der Waals surface area contributed by atoms with Crippen LogP contribution in [0.15, 0.2) is 4.99 Å². The van der Waals surface area contributed by atoms with Gasteiger partial charge < -0.3 is 0 Å². The number of hydrogen-bond donors (Lipinski definition) is 2. The van der Waals surface area contributed by atoms with Crippen LogP contribution < -0.4 is 11.2 Å². The van der Waals surface area contributed by atoms with Crippen molar-refractivity contribution in [3.63, 3.8) is 0 Å². The fourth-order valence-corrected chi connectivity index (χ4v) is 0.234. The third-order valence-electron chi connectivity index (χ3n) is 0.463. The maximum absolute atomic E-state index is 5.05. The highest BCUT2D eigenvalue weighted by Crippen LogP contribution is 1.82. The molecule has 6 heavy (non-hydrogen) atoms. The molecule has 1 heterocycles. The van der Waals surface area contributed by atoms with E-state index in [1.54, 1.807) is 0 Å². The molecule has 0 amide bonds. The molecule has 1 aliphatic heterocycles. The van der Waals surface area contributed by atoms with Gasteiger partial charge in [-0.2, -0.15) is 0 Å². The van der Waals surface area contributed by atoms with Crippen LogP contribution in [0.4, 0.5) is 0 Å². The Balaban J connectivity index is 2.38. The van der Waals surface area contributed by atoms with Crippen molar-refractivity contribution < 1.29 is 4.84 Å². The van der Waals surface area contributed by atoms with Gasteiger partial charge in [0.05, 0.1) is 0 Å². The molecule has 1 rings (SSSR count). The quantitative estimate of drug-likeness (QED) is 0.390. The summed E-state index contributed by atoms with van der Waals surface area (Å²) < 4.78 is 0. The van der Waals surface area contributed by atoms with E-state index < -0.39 is 6.35 Å². The molecule has 0 bridgehead atoms. The van der Waals surface area contributed by atoms with Gasteiger partial charge in [0.15, 0.2) is 0 Å². The van der Waals surface area contributed by atoms with Gasteiger partial charge in [0, 0.05) is 0 Å². The summed E-state index contributed by atoms with van der Waals surface area (Å²) in [7, 11) is 0. The maximum atomic E-state index is 5.05. The van der Waals surface area contributed by atoms with Crippen LogP contribution in [0.2, 0.25) is 0 Å². The number of rotatable bonds is 0. The van der Waals surface area contributed by atoms with Gasteiger partial charge in [0.1, 0.15) is 6.34 Å². The highest BCUT2D eigenvalue weighted by atomic mass is 16.7. The van der Waals surface area contributed by atoms with Gasteiger partial charge in [0.2, 0.25) is 6.35 Å². The van der Waals surface area contributed by atoms with E-state index in [-0.39, 0.29) is 0 Å². The van der Waals surface area contributed by atoms with Crippen molar-refractivity contribution in [2.45, 2.75) is 6.35 Å². The minimum atomic E-state index is -0.495. The summed E-state index contributed by atoms with van der Waals surface area (Å²) in [4.78, 5) is 8.01. The van der Waals surface area contributed by atoms with Gasteiger partial charge in [-0.1, -0.05) is 0 Å². The molecule has 0 radical (unpaired) electrons. The predicted octanol–water partition coefficient (Wildman–Crippen LogP) is -1.21. The molecule has 1 unspecified atom stereocenters. The minimum Gasteiger partial charge on any atom is -0.285 e. The van der Waals surface area contributed by atoms with Crippen molar-refractivity contribution in [1.82, 2.24) is 5.48 Å². The molecule has 3 N–H and O–H groups in total. The lowest BCUT2D eigenvalue weighted by Crippen LogP contribution is -2.20. The van der Waals surface area contributed by atoms with Gasteiger partial charge >= 0.3 is 0 Å². The second-order valence-corrected chi connectivity index (χ2v) is 0.904. The third kappa shape index (κ3) is 0.474. The second-order valence-electron chi connectivity index (χ2n) is 0.904. The van der Waals surface area contributed by atoms with Crippen LogP contribution in [0.25, 0.3) is 0 Å². The van der Waals surface area contributed by atoms with Crippen LogP contribution >= 0.6 is 0 Å². The first-order valence-corrected chi connectivity index (χ1v) is 1.58. The van der Waals surface area contributed by atoms with E-state index in [4.69, 9.17) is 5.73 Å².